The Hall–Kier alpha value is -0.720. The molecule has 3 nitrogen and oxygen atoms in total. The Morgan fingerprint density at radius 3 is 2.76 bits per heavy atom. The van der Waals surface area contributed by atoms with Gasteiger partial charge in [-0.05, 0) is 41.5 Å². The minimum Gasteiger partial charge on any atom is -0.310 e. The number of hydrogen-bond donors (Lipinski definition) is 1. The van der Waals surface area contributed by atoms with Crippen molar-refractivity contribution in [1.29, 1.82) is 0 Å². The van der Waals surface area contributed by atoms with Gasteiger partial charge in [-0.3, -0.25) is 4.79 Å². The summed E-state index contributed by atoms with van der Waals surface area (Å²) in [7, 11) is 0. The first kappa shape index (κ1) is 12.7. The van der Waals surface area contributed by atoms with Crippen molar-refractivity contribution in [3.63, 3.8) is 0 Å². The van der Waals surface area contributed by atoms with Crippen LogP contribution in [0.15, 0.2) is 12.3 Å². The summed E-state index contributed by atoms with van der Waals surface area (Å²) in [5.74, 6) is 0.181. The summed E-state index contributed by atoms with van der Waals surface area (Å²) in [5, 5.41) is 2.76. The average Bonchev–Trinajstić information content (AvgIpc) is 2.35. The summed E-state index contributed by atoms with van der Waals surface area (Å²) in [5.41, 5.74) is 0. The maximum absolute atomic E-state index is 13.0. The Labute approximate surface area is 113 Å². The molecule has 0 radical (unpaired) electrons. The van der Waals surface area contributed by atoms with Gasteiger partial charge in [-0.2, -0.15) is 0 Å². The summed E-state index contributed by atoms with van der Waals surface area (Å²) < 4.78 is 13.5. The number of hydrogen-bond acceptors (Lipinski definition) is 2. The third-order valence-electron chi connectivity index (χ3n) is 3.04. The third-order valence-corrected chi connectivity index (χ3v) is 3.86. The monoisotopic (exact) mass is 348 g/mol. The number of nitrogens with one attached hydrogen (secondary N) is 1. The second-order valence-corrected chi connectivity index (χ2v) is 5.47. The van der Waals surface area contributed by atoms with Gasteiger partial charge in [0.25, 0.3) is 0 Å². The lowest BCUT2D eigenvalue weighted by Crippen LogP contribution is -2.25. The maximum Gasteiger partial charge on any atom is 0.228 e. The number of rotatable bonds is 2. The molecule has 1 heterocycles. The number of carbonyl (C=O) groups is 1. The quantitative estimate of drug-likeness (QED) is 0.833. The fourth-order valence-electron chi connectivity index (χ4n) is 2.08. The Morgan fingerprint density at radius 1 is 1.41 bits per heavy atom. The predicted molar refractivity (Wildman–Crippen MR) is 72.1 cm³/mol. The van der Waals surface area contributed by atoms with Gasteiger partial charge in [0.2, 0.25) is 5.91 Å². The van der Waals surface area contributed by atoms with Crippen molar-refractivity contribution in [2.24, 2.45) is 5.92 Å². The van der Waals surface area contributed by atoms with Crippen molar-refractivity contribution < 1.29 is 9.18 Å². The standard InChI is InChI=1S/C12H14FIN2O/c13-9-7-15-11(6-10(9)14)16-12(17)8-4-2-1-3-5-8/h6-8H,1-5H2,(H,15,16,17). The smallest absolute Gasteiger partial charge is 0.228 e. The largest absolute Gasteiger partial charge is 0.310 e. The number of pyridine rings is 1. The molecular formula is C12H14FIN2O. The van der Waals surface area contributed by atoms with Gasteiger partial charge in [-0.1, -0.05) is 19.3 Å². The fourth-order valence-corrected chi connectivity index (χ4v) is 2.51. The summed E-state index contributed by atoms with van der Waals surface area (Å²) >= 11 is 1.88. The molecule has 1 aromatic rings. The van der Waals surface area contributed by atoms with Gasteiger partial charge in [0.15, 0.2) is 5.82 Å². The van der Waals surface area contributed by atoms with E-state index in [1.54, 1.807) is 6.07 Å². The van der Waals surface area contributed by atoms with E-state index in [-0.39, 0.29) is 17.6 Å². The number of aromatic nitrogens is 1. The molecule has 1 saturated carbocycles. The van der Waals surface area contributed by atoms with Crippen LogP contribution in [0, 0.1) is 15.3 Å². The second kappa shape index (κ2) is 5.75. The molecule has 0 unspecified atom stereocenters. The topological polar surface area (TPSA) is 42.0 Å². The van der Waals surface area contributed by atoms with Crippen molar-refractivity contribution in [3.05, 3.63) is 21.7 Å². The zero-order valence-electron chi connectivity index (χ0n) is 9.38. The van der Waals surface area contributed by atoms with E-state index in [0.717, 1.165) is 31.9 Å². The van der Waals surface area contributed by atoms with E-state index < -0.39 is 0 Å². The predicted octanol–water partition coefficient (Wildman–Crippen LogP) is 3.34. The summed E-state index contributed by atoms with van der Waals surface area (Å²) in [6, 6.07) is 1.55. The zero-order chi connectivity index (χ0) is 12.3. The van der Waals surface area contributed by atoms with Gasteiger partial charge in [0.05, 0.1) is 9.77 Å². The molecule has 0 atom stereocenters. The minimum atomic E-state index is -0.360. The van der Waals surface area contributed by atoms with E-state index in [1.807, 2.05) is 22.6 Å². The lowest BCUT2D eigenvalue weighted by Gasteiger charge is -2.20. The van der Waals surface area contributed by atoms with Crippen molar-refractivity contribution in [3.8, 4) is 0 Å². The molecule has 0 saturated heterocycles. The van der Waals surface area contributed by atoms with Gasteiger partial charge >= 0.3 is 0 Å². The van der Waals surface area contributed by atoms with Crippen LogP contribution in [0.5, 0.6) is 0 Å². The third kappa shape index (κ3) is 3.37. The van der Waals surface area contributed by atoms with Crippen LogP contribution < -0.4 is 5.32 Å². The molecule has 1 aliphatic rings. The molecule has 1 aliphatic carbocycles. The second-order valence-electron chi connectivity index (χ2n) is 4.31. The fraction of sp³-hybridized carbons (Fsp3) is 0.500. The highest BCUT2D eigenvalue weighted by molar-refractivity contribution is 14.1. The molecular weight excluding hydrogens is 334 g/mol. The molecule has 5 heteroatoms. The Bertz CT molecular complexity index is 419. The number of halogens is 2. The summed E-state index contributed by atoms with van der Waals surface area (Å²) in [6.45, 7) is 0. The van der Waals surface area contributed by atoms with E-state index in [1.165, 1.54) is 6.42 Å². The Balaban J connectivity index is 1.99. The first-order valence-corrected chi connectivity index (χ1v) is 6.86. The van der Waals surface area contributed by atoms with Crippen molar-refractivity contribution in [1.82, 2.24) is 4.98 Å². The first-order valence-electron chi connectivity index (χ1n) is 5.79. The van der Waals surface area contributed by atoms with Crippen LogP contribution in [0.1, 0.15) is 32.1 Å². The maximum atomic E-state index is 13.0. The van der Waals surface area contributed by atoms with Crippen LogP contribution in [-0.4, -0.2) is 10.9 Å². The molecule has 1 aromatic heterocycles. The zero-order valence-corrected chi connectivity index (χ0v) is 11.5. The number of anilines is 1. The van der Waals surface area contributed by atoms with Crippen molar-refractivity contribution in [2.75, 3.05) is 5.32 Å². The molecule has 0 aromatic carbocycles. The molecule has 1 N–H and O–H groups in total. The average molecular weight is 348 g/mol. The molecule has 17 heavy (non-hydrogen) atoms. The van der Waals surface area contributed by atoms with Crippen LogP contribution in [0.2, 0.25) is 0 Å². The first-order chi connectivity index (χ1) is 8.16. The highest BCUT2D eigenvalue weighted by Gasteiger charge is 2.21. The lowest BCUT2D eigenvalue weighted by molar-refractivity contribution is -0.120. The molecule has 1 fully saturated rings. The van der Waals surface area contributed by atoms with Crippen LogP contribution in [0.3, 0.4) is 0 Å². The van der Waals surface area contributed by atoms with Gasteiger partial charge in [0.1, 0.15) is 5.82 Å². The summed E-state index contributed by atoms with van der Waals surface area (Å²) in [4.78, 5) is 15.8. The molecule has 0 aliphatic heterocycles. The Kier molecular flexibility index (Phi) is 4.31. The van der Waals surface area contributed by atoms with Crippen LogP contribution in [0.25, 0.3) is 0 Å². The highest BCUT2D eigenvalue weighted by atomic mass is 127. The molecule has 92 valence electrons. The van der Waals surface area contributed by atoms with Crippen LogP contribution >= 0.6 is 22.6 Å². The van der Waals surface area contributed by atoms with E-state index in [4.69, 9.17) is 0 Å². The van der Waals surface area contributed by atoms with Crippen LogP contribution in [0.4, 0.5) is 10.2 Å². The van der Waals surface area contributed by atoms with E-state index in [2.05, 4.69) is 10.3 Å². The molecule has 2 rings (SSSR count). The lowest BCUT2D eigenvalue weighted by atomic mass is 9.89. The highest BCUT2D eigenvalue weighted by Crippen LogP contribution is 2.25. The van der Waals surface area contributed by atoms with Crippen molar-refractivity contribution in [2.45, 2.75) is 32.1 Å². The summed E-state index contributed by atoms with van der Waals surface area (Å²) in [6.07, 6.45) is 6.49. The molecule has 0 spiro atoms. The van der Waals surface area contributed by atoms with Gasteiger partial charge < -0.3 is 5.32 Å². The number of amides is 1. The van der Waals surface area contributed by atoms with Gasteiger partial charge in [-0.25, -0.2) is 9.37 Å². The number of nitrogens with zero attached hydrogens (tertiary/aromatic N) is 1. The Morgan fingerprint density at radius 2 is 2.12 bits per heavy atom. The van der Waals surface area contributed by atoms with Crippen molar-refractivity contribution >= 4 is 34.3 Å². The van der Waals surface area contributed by atoms with Gasteiger partial charge in [-0.15, -0.1) is 0 Å². The molecule has 1 amide bonds. The minimum absolute atomic E-state index is 0.0135. The molecule has 0 bridgehead atoms. The van der Waals surface area contributed by atoms with Gasteiger partial charge in [0, 0.05) is 5.92 Å². The number of carbonyl (C=O) groups excluding carboxylic acids is 1. The van der Waals surface area contributed by atoms with E-state index >= 15 is 0 Å². The normalized spacial score (nSPS) is 16.8. The SMILES string of the molecule is O=C(Nc1cc(I)c(F)cn1)C1CCCCC1. The van der Waals surface area contributed by atoms with Crippen LogP contribution in [-0.2, 0) is 4.79 Å². The van der Waals surface area contributed by atoms with E-state index in [9.17, 15) is 9.18 Å². The van der Waals surface area contributed by atoms with E-state index in [0.29, 0.717) is 9.39 Å².